The summed E-state index contributed by atoms with van der Waals surface area (Å²) in [6.07, 6.45) is 2.10. The molecule has 0 saturated heterocycles. The summed E-state index contributed by atoms with van der Waals surface area (Å²) in [5.74, 6) is 1.44. The zero-order valence-electron chi connectivity index (χ0n) is 10.0. The molecule has 1 N–H and O–H groups in total. The number of aryl methyl sites for hydroxylation is 1. The van der Waals surface area contributed by atoms with Crippen LogP contribution in [0.1, 0.15) is 28.6 Å². The van der Waals surface area contributed by atoms with Crippen LogP contribution in [-0.4, -0.2) is 9.97 Å². The largest absolute Gasteiger partial charge is 0.346 e. The van der Waals surface area contributed by atoms with Gasteiger partial charge in [0.2, 0.25) is 0 Å². The molecule has 0 fully saturated rings. The maximum Gasteiger partial charge on any atom is 0.144 e. The minimum absolute atomic E-state index is 0.427. The fourth-order valence-electron chi connectivity index (χ4n) is 2.54. The Kier molecular flexibility index (Phi) is 3.08. The summed E-state index contributed by atoms with van der Waals surface area (Å²) in [4.78, 5) is 7.88. The molecule has 1 aliphatic carbocycles. The lowest BCUT2D eigenvalue weighted by molar-refractivity contribution is 0.674. The number of H-pyrrole nitrogens is 1. The molecule has 0 unspecified atom stereocenters. The topological polar surface area (TPSA) is 28.7 Å². The number of hydrogen-bond acceptors (Lipinski definition) is 2. The average molecular weight is 321 g/mol. The minimum Gasteiger partial charge on any atom is -0.346 e. The van der Waals surface area contributed by atoms with Crippen molar-refractivity contribution in [3.8, 4) is 0 Å². The van der Waals surface area contributed by atoms with Crippen molar-refractivity contribution in [2.45, 2.75) is 25.7 Å². The Morgan fingerprint density at radius 1 is 1.28 bits per heavy atom. The van der Waals surface area contributed by atoms with Crippen molar-refractivity contribution in [1.29, 1.82) is 0 Å². The Balaban J connectivity index is 1.98. The van der Waals surface area contributed by atoms with Gasteiger partial charge in [-0.05, 0) is 46.8 Å². The summed E-state index contributed by atoms with van der Waals surface area (Å²) in [6.45, 7) is 2.02. The van der Waals surface area contributed by atoms with E-state index in [1.165, 1.54) is 11.1 Å². The van der Waals surface area contributed by atoms with Crippen molar-refractivity contribution in [3.63, 3.8) is 0 Å². The van der Waals surface area contributed by atoms with Crippen molar-refractivity contribution in [2.24, 2.45) is 0 Å². The number of aromatic amines is 1. The first kappa shape index (κ1) is 12.1. The van der Waals surface area contributed by atoms with Gasteiger partial charge in [-0.2, -0.15) is 0 Å². The van der Waals surface area contributed by atoms with Gasteiger partial charge in [-0.3, -0.25) is 0 Å². The average Bonchev–Trinajstić information content (AvgIpc) is 2.79. The van der Waals surface area contributed by atoms with E-state index < -0.39 is 0 Å². The summed E-state index contributed by atoms with van der Waals surface area (Å²) >= 11 is 8.72. The Hall–Kier alpha value is -1.00. The molecule has 0 saturated carbocycles. The quantitative estimate of drug-likeness (QED) is 0.801. The number of nitrogens with one attached hydrogen (secondary N) is 1. The van der Waals surface area contributed by atoms with E-state index in [0.717, 1.165) is 28.8 Å². The Bertz CT molecular complexity index is 638. The van der Waals surface area contributed by atoms with E-state index >= 15 is 0 Å². The van der Waals surface area contributed by atoms with Crippen LogP contribution < -0.4 is 0 Å². The van der Waals surface area contributed by atoms with Crippen LogP contribution in [0.2, 0.25) is 0 Å². The van der Waals surface area contributed by atoms with Crippen molar-refractivity contribution < 1.29 is 0 Å². The predicted molar refractivity (Wildman–Crippen MR) is 78.4 cm³/mol. The first-order valence-corrected chi connectivity index (χ1v) is 7.18. The number of halogens is 1. The second kappa shape index (κ2) is 4.59. The summed E-state index contributed by atoms with van der Waals surface area (Å²) in [6, 6.07) is 8.61. The van der Waals surface area contributed by atoms with Gasteiger partial charge in [0.1, 0.15) is 10.5 Å². The second-order valence-electron chi connectivity index (χ2n) is 4.74. The highest BCUT2D eigenvalue weighted by Gasteiger charge is 2.24. The third-order valence-corrected chi connectivity index (χ3v) is 5.02. The zero-order chi connectivity index (χ0) is 12.7. The second-order valence-corrected chi connectivity index (χ2v) is 5.92. The predicted octanol–water partition coefficient (Wildman–Crippen LogP) is 4.09. The molecule has 1 aromatic carbocycles. The normalized spacial score (nSPS) is 14.8. The third kappa shape index (κ3) is 2.04. The van der Waals surface area contributed by atoms with Gasteiger partial charge in [0.05, 0.1) is 4.47 Å². The van der Waals surface area contributed by atoms with Crippen molar-refractivity contribution >= 4 is 28.1 Å². The van der Waals surface area contributed by atoms with Crippen LogP contribution in [0.5, 0.6) is 0 Å². The third-order valence-electron chi connectivity index (χ3n) is 3.49. The van der Waals surface area contributed by atoms with Crippen LogP contribution in [0.4, 0.5) is 0 Å². The van der Waals surface area contributed by atoms with Gasteiger partial charge >= 0.3 is 0 Å². The van der Waals surface area contributed by atoms with Crippen molar-refractivity contribution in [3.05, 3.63) is 56.0 Å². The van der Waals surface area contributed by atoms with E-state index in [-0.39, 0.29) is 0 Å². The molecule has 0 amide bonds. The summed E-state index contributed by atoms with van der Waals surface area (Å²) in [7, 11) is 0. The molecular weight excluding hydrogens is 308 g/mol. The summed E-state index contributed by atoms with van der Waals surface area (Å²) in [5, 5.41) is 0. The molecule has 3 rings (SSSR count). The first-order valence-electron chi connectivity index (χ1n) is 5.98. The van der Waals surface area contributed by atoms with Gasteiger partial charge in [-0.25, -0.2) is 4.98 Å². The van der Waals surface area contributed by atoms with E-state index in [0.29, 0.717) is 10.6 Å². The van der Waals surface area contributed by atoms with Gasteiger partial charge in [0.15, 0.2) is 0 Å². The molecule has 2 aromatic rings. The lowest BCUT2D eigenvalue weighted by atomic mass is 10.1. The van der Waals surface area contributed by atoms with Crippen LogP contribution >= 0.6 is 28.1 Å². The lowest BCUT2D eigenvalue weighted by Crippen LogP contribution is -2.06. The molecule has 1 heterocycles. The van der Waals surface area contributed by atoms with Crippen molar-refractivity contribution in [2.75, 3.05) is 0 Å². The van der Waals surface area contributed by atoms with Gasteiger partial charge in [0, 0.05) is 11.6 Å². The van der Waals surface area contributed by atoms with Crippen LogP contribution in [0.25, 0.3) is 0 Å². The zero-order valence-corrected chi connectivity index (χ0v) is 12.4. The SMILES string of the molecule is Cc1[nH]c(C2Cc3ccccc3C2)nc(=S)c1Br. The van der Waals surface area contributed by atoms with Crippen LogP contribution in [0.3, 0.4) is 0 Å². The monoisotopic (exact) mass is 320 g/mol. The standard InChI is InChI=1S/C14H13BrN2S/c1-8-12(15)14(18)17-13(16-8)11-6-9-4-2-3-5-10(9)7-11/h2-5,11H,6-7H2,1H3,(H,16,17,18). The molecule has 1 aromatic heterocycles. The molecule has 2 nitrogen and oxygen atoms in total. The summed E-state index contributed by atoms with van der Waals surface area (Å²) in [5.41, 5.74) is 3.93. The summed E-state index contributed by atoms with van der Waals surface area (Å²) < 4.78 is 1.55. The number of benzene rings is 1. The molecule has 0 spiro atoms. The van der Waals surface area contributed by atoms with Gasteiger partial charge < -0.3 is 4.98 Å². The molecule has 0 aliphatic heterocycles. The van der Waals surface area contributed by atoms with Gasteiger partial charge in [-0.1, -0.05) is 36.5 Å². The molecule has 1 aliphatic rings. The van der Waals surface area contributed by atoms with Crippen LogP contribution in [-0.2, 0) is 12.8 Å². The Morgan fingerprint density at radius 3 is 2.44 bits per heavy atom. The number of nitrogens with zero attached hydrogens (tertiary/aromatic N) is 1. The fraction of sp³-hybridized carbons (Fsp3) is 0.286. The number of fused-ring (bicyclic) bond motifs is 1. The first-order chi connectivity index (χ1) is 8.65. The fourth-order valence-corrected chi connectivity index (χ4v) is 2.98. The van der Waals surface area contributed by atoms with E-state index in [1.54, 1.807) is 0 Å². The Labute approximate surface area is 120 Å². The maximum atomic E-state index is 5.27. The highest BCUT2D eigenvalue weighted by molar-refractivity contribution is 9.10. The number of aromatic nitrogens is 2. The highest BCUT2D eigenvalue weighted by Crippen LogP contribution is 2.32. The lowest BCUT2D eigenvalue weighted by Gasteiger charge is -2.10. The molecule has 4 heteroatoms. The van der Waals surface area contributed by atoms with Gasteiger partial charge in [0.25, 0.3) is 0 Å². The van der Waals surface area contributed by atoms with Crippen LogP contribution in [0.15, 0.2) is 28.7 Å². The van der Waals surface area contributed by atoms with E-state index in [9.17, 15) is 0 Å². The smallest absolute Gasteiger partial charge is 0.144 e. The van der Waals surface area contributed by atoms with Gasteiger partial charge in [-0.15, -0.1) is 0 Å². The van der Waals surface area contributed by atoms with Crippen LogP contribution in [0, 0.1) is 11.6 Å². The maximum absolute atomic E-state index is 5.27. The van der Waals surface area contributed by atoms with E-state index in [1.807, 2.05) is 6.92 Å². The highest BCUT2D eigenvalue weighted by atomic mass is 79.9. The molecule has 0 radical (unpaired) electrons. The van der Waals surface area contributed by atoms with E-state index in [2.05, 4.69) is 50.2 Å². The molecule has 0 bridgehead atoms. The molecule has 18 heavy (non-hydrogen) atoms. The van der Waals surface area contributed by atoms with E-state index in [4.69, 9.17) is 12.2 Å². The molecule has 0 atom stereocenters. The number of hydrogen-bond donors (Lipinski definition) is 1. The molecule has 92 valence electrons. The minimum atomic E-state index is 0.427. The molecular formula is C14H13BrN2S. The number of rotatable bonds is 1. The van der Waals surface area contributed by atoms with Crippen molar-refractivity contribution in [1.82, 2.24) is 9.97 Å². The Morgan fingerprint density at radius 2 is 1.89 bits per heavy atom.